The minimum absolute atomic E-state index is 0.325. The van der Waals surface area contributed by atoms with Crippen LogP contribution >= 0.6 is 0 Å². The Kier molecular flexibility index (Phi) is 2.18. The molecule has 1 N–H and O–H groups in total. The number of carboxylic acids is 1. The Hall–Kier alpha value is -1.91. The number of carboxylic acid groups (broad SMARTS) is 1. The van der Waals surface area contributed by atoms with Gasteiger partial charge in [-0.2, -0.15) is 5.10 Å². The SMILES string of the molecule is Cc1ccn2nc(C(C)(C)C(=O)O)nc2c1. The molecule has 2 aromatic heterocycles. The van der Waals surface area contributed by atoms with Gasteiger partial charge in [0.25, 0.3) is 0 Å². The zero-order chi connectivity index (χ0) is 11.9. The van der Waals surface area contributed by atoms with E-state index in [9.17, 15) is 4.79 Å². The summed E-state index contributed by atoms with van der Waals surface area (Å²) >= 11 is 0. The molecule has 2 rings (SSSR count). The van der Waals surface area contributed by atoms with Gasteiger partial charge in [-0.25, -0.2) is 9.50 Å². The van der Waals surface area contributed by atoms with Crippen LogP contribution in [0.1, 0.15) is 25.2 Å². The maximum Gasteiger partial charge on any atom is 0.316 e. The zero-order valence-corrected chi connectivity index (χ0v) is 9.43. The fourth-order valence-electron chi connectivity index (χ4n) is 1.34. The van der Waals surface area contributed by atoms with Gasteiger partial charge >= 0.3 is 5.97 Å². The lowest BCUT2D eigenvalue weighted by Crippen LogP contribution is -2.30. The van der Waals surface area contributed by atoms with Crippen LogP contribution in [0.2, 0.25) is 0 Å². The molecule has 84 valence electrons. The predicted octanol–water partition coefficient (Wildman–Crippen LogP) is 1.40. The van der Waals surface area contributed by atoms with E-state index in [1.165, 1.54) is 0 Å². The lowest BCUT2D eigenvalue weighted by Gasteiger charge is -2.13. The van der Waals surface area contributed by atoms with Crippen LogP contribution in [-0.2, 0) is 10.2 Å². The van der Waals surface area contributed by atoms with Crippen LogP contribution < -0.4 is 0 Å². The molecule has 0 unspecified atom stereocenters. The molecule has 0 aromatic carbocycles. The van der Waals surface area contributed by atoms with Gasteiger partial charge < -0.3 is 5.11 Å². The highest BCUT2D eigenvalue weighted by Crippen LogP contribution is 2.20. The monoisotopic (exact) mass is 219 g/mol. The summed E-state index contributed by atoms with van der Waals surface area (Å²) in [6.07, 6.45) is 1.78. The number of carbonyl (C=O) groups is 1. The van der Waals surface area contributed by atoms with Crippen LogP contribution in [0.15, 0.2) is 18.3 Å². The van der Waals surface area contributed by atoms with Crippen molar-refractivity contribution in [3.63, 3.8) is 0 Å². The quantitative estimate of drug-likeness (QED) is 0.829. The summed E-state index contributed by atoms with van der Waals surface area (Å²) in [5, 5.41) is 13.3. The Morgan fingerprint density at radius 3 is 2.81 bits per heavy atom. The molecule has 0 bridgehead atoms. The van der Waals surface area contributed by atoms with Gasteiger partial charge in [0.1, 0.15) is 5.41 Å². The molecular weight excluding hydrogens is 206 g/mol. The Morgan fingerprint density at radius 2 is 2.19 bits per heavy atom. The minimum atomic E-state index is -1.07. The lowest BCUT2D eigenvalue weighted by atomic mass is 9.93. The molecule has 0 saturated heterocycles. The molecule has 0 atom stereocenters. The summed E-state index contributed by atoms with van der Waals surface area (Å²) in [5.74, 6) is -0.606. The van der Waals surface area contributed by atoms with Gasteiger partial charge in [-0.3, -0.25) is 4.79 Å². The largest absolute Gasteiger partial charge is 0.481 e. The molecule has 16 heavy (non-hydrogen) atoms. The second-order valence-corrected chi connectivity index (χ2v) is 4.37. The summed E-state index contributed by atoms with van der Waals surface area (Å²) in [4.78, 5) is 15.3. The predicted molar refractivity (Wildman–Crippen MR) is 58.4 cm³/mol. The maximum absolute atomic E-state index is 11.1. The molecule has 0 fully saturated rings. The molecule has 0 radical (unpaired) electrons. The lowest BCUT2D eigenvalue weighted by molar-refractivity contribution is -0.142. The molecule has 0 saturated carbocycles. The highest BCUT2D eigenvalue weighted by molar-refractivity contribution is 5.79. The highest BCUT2D eigenvalue weighted by Gasteiger charge is 2.34. The first kappa shape index (κ1) is 10.6. The zero-order valence-electron chi connectivity index (χ0n) is 9.43. The molecule has 5 nitrogen and oxygen atoms in total. The van der Waals surface area contributed by atoms with E-state index in [0.29, 0.717) is 11.5 Å². The number of hydrogen-bond donors (Lipinski definition) is 1. The van der Waals surface area contributed by atoms with Gasteiger partial charge in [0.15, 0.2) is 11.5 Å². The minimum Gasteiger partial charge on any atom is -0.481 e. The third-order valence-corrected chi connectivity index (χ3v) is 2.59. The third-order valence-electron chi connectivity index (χ3n) is 2.59. The summed E-state index contributed by atoms with van der Waals surface area (Å²) < 4.78 is 1.59. The summed E-state index contributed by atoms with van der Waals surface area (Å²) in [6, 6.07) is 3.77. The first-order valence-electron chi connectivity index (χ1n) is 4.98. The van der Waals surface area contributed by atoms with Gasteiger partial charge in [-0.1, -0.05) is 0 Å². The number of pyridine rings is 1. The van der Waals surface area contributed by atoms with Crippen molar-refractivity contribution in [2.45, 2.75) is 26.2 Å². The Balaban J connectivity index is 2.59. The van der Waals surface area contributed by atoms with Gasteiger partial charge in [-0.15, -0.1) is 0 Å². The van der Waals surface area contributed by atoms with Crippen LogP contribution in [0, 0.1) is 6.92 Å². The van der Waals surface area contributed by atoms with Gasteiger partial charge in [0.05, 0.1) is 0 Å². The maximum atomic E-state index is 11.1. The van der Waals surface area contributed by atoms with Crippen molar-refractivity contribution in [1.29, 1.82) is 0 Å². The van der Waals surface area contributed by atoms with E-state index in [2.05, 4.69) is 10.1 Å². The highest BCUT2D eigenvalue weighted by atomic mass is 16.4. The van der Waals surface area contributed by atoms with Crippen LogP contribution in [-0.4, -0.2) is 25.7 Å². The molecular formula is C11H13N3O2. The van der Waals surface area contributed by atoms with Crippen molar-refractivity contribution in [3.05, 3.63) is 29.7 Å². The van der Waals surface area contributed by atoms with Crippen molar-refractivity contribution >= 4 is 11.6 Å². The smallest absolute Gasteiger partial charge is 0.316 e. The van der Waals surface area contributed by atoms with E-state index >= 15 is 0 Å². The normalized spacial score (nSPS) is 11.9. The first-order valence-corrected chi connectivity index (χ1v) is 4.98. The second-order valence-electron chi connectivity index (χ2n) is 4.37. The number of aromatic nitrogens is 3. The number of aliphatic carboxylic acids is 1. The summed E-state index contributed by atoms with van der Waals surface area (Å²) in [6.45, 7) is 5.14. The van der Waals surface area contributed by atoms with E-state index in [0.717, 1.165) is 5.56 Å². The number of hydrogen-bond acceptors (Lipinski definition) is 3. The van der Waals surface area contributed by atoms with Crippen LogP contribution in [0.25, 0.3) is 5.65 Å². The number of fused-ring (bicyclic) bond motifs is 1. The van der Waals surface area contributed by atoms with E-state index < -0.39 is 11.4 Å². The average Bonchev–Trinajstić information content (AvgIpc) is 2.60. The van der Waals surface area contributed by atoms with Gasteiger partial charge in [0.2, 0.25) is 0 Å². The Labute approximate surface area is 92.7 Å². The number of aryl methyl sites for hydroxylation is 1. The fraction of sp³-hybridized carbons (Fsp3) is 0.364. The molecule has 2 aromatic rings. The molecule has 0 aliphatic rings. The van der Waals surface area contributed by atoms with E-state index in [4.69, 9.17) is 5.11 Å². The van der Waals surface area contributed by atoms with E-state index in [-0.39, 0.29) is 0 Å². The number of rotatable bonds is 2. The van der Waals surface area contributed by atoms with Crippen LogP contribution in [0.3, 0.4) is 0 Å². The summed E-state index contributed by atoms with van der Waals surface area (Å²) in [5.41, 5.74) is 0.670. The molecule has 0 aliphatic carbocycles. The topological polar surface area (TPSA) is 67.5 Å². The molecule has 5 heteroatoms. The van der Waals surface area contributed by atoms with Crippen molar-refractivity contribution in [3.8, 4) is 0 Å². The molecule has 2 heterocycles. The molecule has 0 amide bonds. The van der Waals surface area contributed by atoms with Crippen molar-refractivity contribution < 1.29 is 9.90 Å². The second kappa shape index (κ2) is 3.30. The Morgan fingerprint density at radius 1 is 1.50 bits per heavy atom. The standard InChI is InChI=1S/C11H13N3O2/c1-7-4-5-14-8(6-7)12-9(13-14)11(2,3)10(15)16/h4-6H,1-3H3,(H,15,16). The number of nitrogens with zero attached hydrogens (tertiary/aromatic N) is 3. The third kappa shape index (κ3) is 1.54. The van der Waals surface area contributed by atoms with Crippen LogP contribution in [0.5, 0.6) is 0 Å². The molecule has 0 spiro atoms. The Bertz CT molecular complexity index is 557. The van der Waals surface area contributed by atoms with E-state index in [1.807, 2.05) is 19.1 Å². The van der Waals surface area contributed by atoms with Crippen LogP contribution in [0.4, 0.5) is 0 Å². The fourth-order valence-corrected chi connectivity index (χ4v) is 1.34. The summed E-state index contributed by atoms with van der Waals surface area (Å²) in [7, 11) is 0. The van der Waals surface area contributed by atoms with Crippen molar-refractivity contribution in [1.82, 2.24) is 14.6 Å². The van der Waals surface area contributed by atoms with Gasteiger partial charge in [0, 0.05) is 6.20 Å². The van der Waals surface area contributed by atoms with Crippen molar-refractivity contribution in [2.24, 2.45) is 0 Å². The van der Waals surface area contributed by atoms with E-state index in [1.54, 1.807) is 24.6 Å². The molecule has 0 aliphatic heterocycles. The first-order chi connectivity index (χ1) is 7.41. The van der Waals surface area contributed by atoms with Crippen molar-refractivity contribution in [2.75, 3.05) is 0 Å². The van der Waals surface area contributed by atoms with Gasteiger partial charge in [-0.05, 0) is 38.5 Å². The average molecular weight is 219 g/mol.